The average molecular weight is 387 g/mol. The summed E-state index contributed by atoms with van der Waals surface area (Å²) in [5.41, 5.74) is 0.763. The summed E-state index contributed by atoms with van der Waals surface area (Å²) in [6.45, 7) is 0.285. The van der Waals surface area contributed by atoms with Crippen molar-refractivity contribution in [3.63, 3.8) is 0 Å². The highest BCUT2D eigenvalue weighted by Gasteiger charge is 2.18. The first-order valence-corrected chi connectivity index (χ1v) is 7.62. The van der Waals surface area contributed by atoms with E-state index in [9.17, 15) is 9.18 Å². The Kier molecular flexibility index (Phi) is 5.42. The highest BCUT2D eigenvalue weighted by Crippen LogP contribution is 2.25. The molecule has 0 fully saturated rings. The molecule has 0 saturated heterocycles. The van der Waals surface area contributed by atoms with Crippen LogP contribution in [0.15, 0.2) is 40.9 Å². The molecule has 2 aromatic rings. The molecular weight excluding hydrogens is 373 g/mol. The molecule has 0 aliphatic heterocycles. The minimum atomic E-state index is -0.595. The van der Waals surface area contributed by atoms with Gasteiger partial charge in [0.2, 0.25) is 0 Å². The van der Waals surface area contributed by atoms with Crippen LogP contribution in [0, 0.1) is 5.82 Å². The van der Waals surface area contributed by atoms with Gasteiger partial charge in [-0.25, -0.2) is 4.39 Å². The minimum absolute atomic E-state index is 0.0519. The highest BCUT2D eigenvalue weighted by molar-refractivity contribution is 9.10. The quantitative estimate of drug-likeness (QED) is 0.773. The predicted octanol–water partition coefficient (Wildman–Crippen LogP) is 4.52. The largest absolute Gasteiger partial charge is 0.496 e. The first-order chi connectivity index (χ1) is 10.4. The predicted molar refractivity (Wildman–Crippen MR) is 87.9 cm³/mol. The van der Waals surface area contributed by atoms with Gasteiger partial charge in [-0.2, -0.15) is 0 Å². The Morgan fingerprint density at radius 3 is 2.73 bits per heavy atom. The lowest BCUT2D eigenvalue weighted by molar-refractivity contribution is 0.0779. The van der Waals surface area contributed by atoms with Crippen LogP contribution in [-0.4, -0.2) is 25.0 Å². The standard InChI is InChI=1S/C16H14BrClFNO2/c1-20(9-10-7-11(17)3-6-15(10)22-2)16(21)13-8-12(18)4-5-14(13)19/h3-8H,9H2,1-2H3. The molecule has 0 aromatic heterocycles. The molecule has 0 spiro atoms. The van der Waals surface area contributed by atoms with Gasteiger partial charge >= 0.3 is 0 Å². The van der Waals surface area contributed by atoms with Crippen molar-refractivity contribution in [1.82, 2.24) is 4.90 Å². The molecule has 0 radical (unpaired) electrons. The zero-order valence-corrected chi connectivity index (χ0v) is 14.4. The Morgan fingerprint density at radius 1 is 1.32 bits per heavy atom. The Bertz CT molecular complexity index is 709. The Morgan fingerprint density at radius 2 is 2.05 bits per heavy atom. The number of rotatable bonds is 4. The monoisotopic (exact) mass is 385 g/mol. The third kappa shape index (κ3) is 3.78. The fourth-order valence-corrected chi connectivity index (χ4v) is 2.65. The van der Waals surface area contributed by atoms with Crippen molar-refractivity contribution in [3.05, 3.63) is 62.8 Å². The van der Waals surface area contributed by atoms with Crippen LogP contribution in [0.1, 0.15) is 15.9 Å². The number of carbonyl (C=O) groups is 1. The van der Waals surface area contributed by atoms with Gasteiger partial charge in [-0.05, 0) is 36.4 Å². The topological polar surface area (TPSA) is 29.5 Å². The number of amides is 1. The molecule has 2 aromatic carbocycles. The summed E-state index contributed by atoms with van der Waals surface area (Å²) in [5.74, 6) is -0.376. The average Bonchev–Trinajstić information content (AvgIpc) is 2.49. The Labute approximate surface area is 141 Å². The van der Waals surface area contributed by atoms with Crippen molar-refractivity contribution in [2.24, 2.45) is 0 Å². The third-order valence-corrected chi connectivity index (χ3v) is 3.88. The molecule has 22 heavy (non-hydrogen) atoms. The second kappa shape index (κ2) is 7.11. The van der Waals surface area contributed by atoms with Crippen molar-refractivity contribution in [2.45, 2.75) is 6.54 Å². The first kappa shape index (κ1) is 16.8. The third-order valence-electron chi connectivity index (χ3n) is 3.16. The second-order valence-corrected chi connectivity index (χ2v) is 6.09. The van der Waals surface area contributed by atoms with E-state index in [-0.39, 0.29) is 12.1 Å². The van der Waals surface area contributed by atoms with E-state index >= 15 is 0 Å². The lowest BCUT2D eigenvalue weighted by Crippen LogP contribution is -2.27. The van der Waals surface area contributed by atoms with Crippen LogP contribution in [0.25, 0.3) is 0 Å². The second-order valence-electron chi connectivity index (χ2n) is 4.74. The van der Waals surface area contributed by atoms with Crippen molar-refractivity contribution in [3.8, 4) is 5.75 Å². The molecule has 2 rings (SSSR count). The number of nitrogens with zero attached hydrogens (tertiary/aromatic N) is 1. The maximum Gasteiger partial charge on any atom is 0.256 e. The normalized spacial score (nSPS) is 10.4. The van der Waals surface area contributed by atoms with Crippen LogP contribution in [-0.2, 0) is 6.54 Å². The minimum Gasteiger partial charge on any atom is -0.496 e. The van der Waals surface area contributed by atoms with Crippen molar-refractivity contribution in [2.75, 3.05) is 14.2 Å². The number of halogens is 3. The van der Waals surface area contributed by atoms with Gasteiger partial charge in [0.15, 0.2) is 0 Å². The van der Waals surface area contributed by atoms with E-state index in [4.69, 9.17) is 16.3 Å². The summed E-state index contributed by atoms with van der Waals surface area (Å²) in [5, 5.41) is 0.318. The number of hydrogen-bond donors (Lipinski definition) is 0. The van der Waals surface area contributed by atoms with Crippen molar-refractivity contribution >= 4 is 33.4 Å². The van der Waals surface area contributed by atoms with Crippen LogP contribution >= 0.6 is 27.5 Å². The van der Waals surface area contributed by atoms with Gasteiger partial charge in [0.1, 0.15) is 11.6 Å². The van der Waals surface area contributed by atoms with Crippen LogP contribution in [0.4, 0.5) is 4.39 Å². The lowest BCUT2D eigenvalue weighted by Gasteiger charge is -2.19. The maximum absolute atomic E-state index is 13.8. The molecule has 0 N–H and O–H groups in total. The van der Waals surface area contributed by atoms with Crippen LogP contribution in [0.2, 0.25) is 5.02 Å². The number of ether oxygens (including phenoxy) is 1. The summed E-state index contributed by atoms with van der Waals surface area (Å²) < 4.78 is 19.9. The van der Waals surface area contributed by atoms with Gasteiger partial charge in [0.25, 0.3) is 5.91 Å². The number of hydrogen-bond acceptors (Lipinski definition) is 2. The van der Waals surface area contributed by atoms with Gasteiger partial charge in [-0.3, -0.25) is 4.79 Å². The molecule has 116 valence electrons. The van der Waals surface area contributed by atoms with Crippen LogP contribution in [0.3, 0.4) is 0 Å². The van der Waals surface area contributed by atoms with E-state index in [1.165, 1.54) is 23.1 Å². The molecule has 0 aliphatic rings. The SMILES string of the molecule is COc1ccc(Br)cc1CN(C)C(=O)c1cc(Cl)ccc1F. The van der Waals surface area contributed by atoms with E-state index in [2.05, 4.69) is 15.9 Å². The summed E-state index contributed by atoms with van der Waals surface area (Å²) >= 11 is 9.21. The summed E-state index contributed by atoms with van der Waals surface area (Å²) in [4.78, 5) is 13.8. The summed E-state index contributed by atoms with van der Waals surface area (Å²) in [6.07, 6.45) is 0. The van der Waals surface area contributed by atoms with E-state index in [0.29, 0.717) is 10.8 Å². The maximum atomic E-state index is 13.8. The van der Waals surface area contributed by atoms with Gasteiger partial charge in [0.05, 0.1) is 12.7 Å². The Hall–Kier alpha value is -1.59. The molecule has 0 unspecified atom stereocenters. The van der Waals surface area contributed by atoms with Gasteiger partial charge in [0, 0.05) is 28.7 Å². The van der Waals surface area contributed by atoms with Gasteiger partial charge in [-0.1, -0.05) is 27.5 Å². The van der Waals surface area contributed by atoms with Gasteiger partial charge in [-0.15, -0.1) is 0 Å². The molecule has 3 nitrogen and oxygen atoms in total. The number of carbonyl (C=O) groups excluding carboxylic acids is 1. The van der Waals surface area contributed by atoms with E-state index in [1.807, 2.05) is 12.1 Å². The summed E-state index contributed by atoms with van der Waals surface area (Å²) in [7, 11) is 3.16. The van der Waals surface area contributed by atoms with Crippen molar-refractivity contribution in [1.29, 1.82) is 0 Å². The summed E-state index contributed by atoms with van der Waals surface area (Å²) in [6, 6.07) is 9.43. The lowest BCUT2D eigenvalue weighted by atomic mass is 10.1. The molecular formula is C16H14BrClFNO2. The smallest absolute Gasteiger partial charge is 0.256 e. The number of benzene rings is 2. The number of methoxy groups -OCH3 is 1. The Balaban J connectivity index is 2.25. The van der Waals surface area contributed by atoms with Crippen LogP contribution in [0.5, 0.6) is 5.75 Å². The van der Waals surface area contributed by atoms with E-state index in [0.717, 1.165) is 10.0 Å². The van der Waals surface area contributed by atoms with Gasteiger partial charge < -0.3 is 9.64 Å². The molecule has 0 heterocycles. The molecule has 0 aliphatic carbocycles. The van der Waals surface area contributed by atoms with Crippen LogP contribution < -0.4 is 4.74 Å². The molecule has 0 atom stereocenters. The molecule has 1 amide bonds. The molecule has 6 heteroatoms. The van der Waals surface area contributed by atoms with E-state index < -0.39 is 11.7 Å². The zero-order chi connectivity index (χ0) is 16.3. The molecule has 0 saturated carbocycles. The zero-order valence-electron chi connectivity index (χ0n) is 12.1. The fraction of sp³-hybridized carbons (Fsp3) is 0.188. The van der Waals surface area contributed by atoms with E-state index in [1.54, 1.807) is 20.2 Å². The van der Waals surface area contributed by atoms with Crippen molar-refractivity contribution < 1.29 is 13.9 Å². The highest BCUT2D eigenvalue weighted by atomic mass is 79.9. The first-order valence-electron chi connectivity index (χ1n) is 6.45. The fourth-order valence-electron chi connectivity index (χ4n) is 2.07. The molecule has 0 bridgehead atoms.